The first kappa shape index (κ1) is 12.5. The molecule has 0 radical (unpaired) electrons. The van der Waals surface area contributed by atoms with Crippen LogP contribution in [0.2, 0.25) is 0 Å². The van der Waals surface area contributed by atoms with Gasteiger partial charge in [0.1, 0.15) is 0 Å². The Hall–Kier alpha value is -1.57. The van der Waals surface area contributed by atoms with Gasteiger partial charge in [-0.25, -0.2) is 0 Å². The largest absolute Gasteiger partial charge is 0.347 e. The minimum Gasteiger partial charge on any atom is -0.347 e. The molecule has 0 saturated heterocycles. The summed E-state index contributed by atoms with van der Waals surface area (Å²) < 4.78 is 2.32. The van der Waals surface area contributed by atoms with Gasteiger partial charge >= 0.3 is 0 Å². The standard InChI is InChI=1S/C17H21NO/c1-3-6-17(19)12-9-10-16-14(11-12)13-7-4-5-8-15(13)18(16)2/h9-11H,3-8H2,1-2H3. The average molecular weight is 255 g/mol. The fourth-order valence-corrected chi connectivity index (χ4v) is 3.31. The number of hydrogen-bond donors (Lipinski definition) is 0. The van der Waals surface area contributed by atoms with Gasteiger partial charge in [0.05, 0.1) is 0 Å². The number of rotatable bonds is 3. The number of nitrogens with zero attached hydrogens (tertiary/aromatic N) is 1. The first-order valence-electron chi connectivity index (χ1n) is 7.35. The van der Waals surface area contributed by atoms with Gasteiger partial charge in [-0.3, -0.25) is 4.79 Å². The molecule has 0 fully saturated rings. The van der Waals surface area contributed by atoms with Gasteiger partial charge in [-0.05, 0) is 55.9 Å². The Labute approximate surface area is 114 Å². The molecule has 1 aliphatic carbocycles. The first-order chi connectivity index (χ1) is 9.22. The number of aryl methyl sites for hydroxylation is 2. The van der Waals surface area contributed by atoms with Crippen LogP contribution in [0.1, 0.15) is 54.2 Å². The van der Waals surface area contributed by atoms with Crippen LogP contribution in [0.25, 0.3) is 10.9 Å². The first-order valence-corrected chi connectivity index (χ1v) is 7.35. The molecule has 0 bridgehead atoms. The Kier molecular flexibility index (Phi) is 3.17. The van der Waals surface area contributed by atoms with Gasteiger partial charge in [0.15, 0.2) is 5.78 Å². The molecular formula is C17H21NO. The highest BCUT2D eigenvalue weighted by Gasteiger charge is 2.19. The van der Waals surface area contributed by atoms with Crippen molar-refractivity contribution < 1.29 is 4.79 Å². The summed E-state index contributed by atoms with van der Waals surface area (Å²) >= 11 is 0. The summed E-state index contributed by atoms with van der Waals surface area (Å²) in [5.41, 5.74) is 5.12. The van der Waals surface area contributed by atoms with Crippen LogP contribution < -0.4 is 0 Å². The summed E-state index contributed by atoms with van der Waals surface area (Å²) in [6, 6.07) is 6.24. The monoisotopic (exact) mass is 255 g/mol. The molecule has 1 aliphatic rings. The Balaban J connectivity index is 2.14. The molecule has 0 unspecified atom stereocenters. The van der Waals surface area contributed by atoms with E-state index in [0.717, 1.165) is 18.4 Å². The normalized spacial score (nSPS) is 14.6. The van der Waals surface area contributed by atoms with Crippen LogP contribution in [-0.4, -0.2) is 10.4 Å². The van der Waals surface area contributed by atoms with Crippen LogP contribution in [0, 0.1) is 0 Å². The van der Waals surface area contributed by atoms with E-state index >= 15 is 0 Å². The number of carbonyl (C=O) groups is 1. The molecule has 0 saturated carbocycles. The Bertz CT molecular complexity index is 636. The zero-order chi connectivity index (χ0) is 13.4. The van der Waals surface area contributed by atoms with Gasteiger partial charge in [0.2, 0.25) is 0 Å². The van der Waals surface area contributed by atoms with E-state index in [1.165, 1.54) is 41.4 Å². The molecule has 1 aromatic carbocycles. The van der Waals surface area contributed by atoms with E-state index in [4.69, 9.17) is 0 Å². The van der Waals surface area contributed by atoms with Crippen molar-refractivity contribution in [2.45, 2.75) is 45.4 Å². The molecule has 2 nitrogen and oxygen atoms in total. The summed E-state index contributed by atoms with van der Waals surface area (Å²) in [6.07, 6.45) is 6.49. The number of hydrogen-bond acceptors (Lipinski definition) is 1. The maximum Gasteiger partial charge on any atom is 0.162 e. The lowest BCUT2D eigenvalue weighted by atomic mass is 9.94. The number of ketones is 1. The summed E-state index contributed by atoms with van der Waals surface area (Å²) in [5, 5.41) is 1.30. The fraction of sp³-hybridized carbons (Fsp3) is 0.471. The maximum absolute atomic E-state index is 12.1. The van der Waals surface area contributed by atoms with Crippen molar-refractivity contribution in [1.82, 2.24) is 4.57 Å². The summed E-state index contributed by atoms with van der Waals surface area (Å²) in [7, 11) is 2.15. The third-order valence-electron chi connectivity index (χ3n) is 4.33. The molecule has 0 amide bonds. The maximum atomic E-state index is 12.1. The van der Waals surface area contributed by atoms with Crippen LogP contribution >= 0.6 is 0 Å². The van der Waals surface area contributed by atoms with E-state index in [9.17, 15) is 4.79 Å². The van der Waals surface area contributed by atoms with Crippen molar-refractivity contribution in [2.24, 2.45) is 7.05 Å². The lowest BCUT2D eigenvalue weighted by molar-refractivity contribution is 0.0982. The second kappa shape index (κ2) is 4.84. The average Bonchev–Trinajstić information content (AvgIpc) is 2.73. The molecule has 3 rings (SSSR count). The van der Waals surface area contributed by atoms with Crippen molar-refractivity contribution in [3.8, 4) is 0 Å². The van der Waals surface area contributed by atoms with Gasteiger partial charge in [0, 0.05) is 35.6 Å². The van der Waals surface area contributed by atoms with Gasteiger partial charge in [0.25, 0.3) is 0 Å². The van der Waals surface area contributed by atoms with Crippen LogP contribution in [0.4, 0.5) is 0 Å². The minimum atomic E-state index is 0.276. The van der Waals surface area contributed by atoms with Crippen LogP contribution in [0.15, 0.2) is 18.2 Å². The molecule has 19 heavy (non-hydrogen) atoms. The number of benzene rings is 1. The third-order valence-corrected chi connectivity index (χ3v) is 4.33. The van der Waals surface area contributed by atoms with E-state index < -0.39 is 0 Å². The van der Waals surface area contributed by atoms with Gasteiger partial charge in [-0.15, -0.1) is 0 Å². The molecule has 100 valence electrons. The van der Waals surface area contributed by atoms with E-state index in [0.29, 0.717) is 6.42 Å². The Morgan fingerprint density at radius 3 is 2.84 bits per heavy atom. The van der Waals surface area contributed by atoms with Gasteiger partial charge in [-0.2, -0.15) is 0 Å². The number of aromatic nitrogens is 1. The zero-order valence-electron chi connectivity index (χ0n) is 11.8. The summed E-state index contributed by atoms with van der Waals surface area (Å²) in [4.78, 5) is 12.1. The highest BCUT2D eigenvalue weighted by atomic mass is 16.1. The van der Waals surface area contributed by atoms with E-state index in [1.807, 2.05) is 6.07 Å². The lowest BCUT2D eigenvalue weighted by Gasteiger charge is -2.12. The summed E-state index contributed by atoms with van der Waals surface area (Å²) in [5.74, 6) is 0.276. The molecule has 0 atom stereocenters. The van der Waals surface area contributed by atoms with Crippen molar-refractivity contribution in [3.05, 3.63) is 35.0 Å². The quantitative estimate of drug-likeness (QED) is 0.759. The molecule has 0 spiro atoms. The molecule has 0 aliphatic heterocycles. The lowest BCUT2D eigenvalue weighted by Crippen LogP contribution is -2.04. The highest BCUT2D eigenvalue weighted by molar-refractivity contribution is 6.00. The van der Waals surface area contributed by atoms with Crippen LogP contribution in [0.3, 0.4) is 0 Å². The second-order valence-corrected chi connectivity index (χ2v) is 5.60. The predicted octanol–water partition coefficient (Wildman–Crippen LogP) is 4.04. The van der Waals surface area contributed by atoms with Crippen molar-refractivity contribution in [1.29, 1.82) is 0 Å². The Morgan fingerprint density at radius 1 is 1.26 bits per heavy atom. The topological polar surface area (TPSA) is 22.0 Å². The summed E-state index contributed by atoms with van der Waals surface area (Å²) in [6.45, 7) is 2.06. The molecule has 1 aromatic heterocycles. The molecule has 1 heterocycles. The van der Waals surface area contributed by atoms with Crippen molar-refractivity contribution >= 4 is 16.7 Å². The zero-order valence-corrected chi connectivity index (χ0v) is 11.8. The number of fused-ring (bicyclic) bond motifs is 3. The molecular weight excluding hydrogens is 234 g/mol. The third kappa shape index (κ3) is 1.99. The smallest absolute Gasteiger partial charge is 0.162 e. The second-order valence-electron chi connectivity index (χ2n) is 5.60. The minimum absolute atomic E-state index is 0.276. The van der Waals surface area contributed by atoms with Gasteiger partial charge in [-0.1, -0.05) is 6.92 Å². The van der Waals surface area contributed by atoms with Crippen molar-refractivity contribution in [3.63, 3.8) is 0 Å². The van der Waals surface area contributed by atoms with E-state index in [1.54, 1.807) is 0 Å². The highest BCUT2D eigenvalue weighted by Crippen LogP contribution is 2.32. The predicted molar refractivity (Wildman–Crippen MR) is 78.8 cm³/mol. The van der Waals surface area contributed by atoms with E-state index in [2.05, 4.69) is 30.7 Å². The van der Waals surface area contributed by atoms with Gasteiger partial charge < -0.3 is 4.57 Å². The number of Topliss-reactive ketones (excluding diaryl/α,β-unsaturated/α-hetero) is 1. The molecule has 2 aromatic rings. The van der Waals surface area contributed by atoms with Crippen molar-refractivity contribution in [2.75, 3.05) is 0 Å². The SMILES string of the molecule is CCCC(=O)c1ccc2c(c1)c1c(n2C)CCCC1. The fourth-order valence-electron chi connectivity index (χ4n) is 3.31. The number of carbonyl (C=O) groups excluding carboxylic acids is 1. The van der Waals surface area contributed by atoms with E-state index in [-0.39, 0.29) is 5.78 Å². The molecule has 2 heteroatoms. The Morgan fingerprint density at radius 2 is 2.05 bits per heavy atom. The van der Waals surface area contributed by atoms with Crippen LogP contribution in [0.5, 0.6) is 0 Å². The van der Waals surface area contributed by atoms with Crippen LogP contribution in [-0.2, 0) is 19.9 Å². The molecule has 0 N–H and O–H groups in total.